The molecule has 0 heterocycles. The summed E-state index contributed by atoms with van der Waals surface area (Å²) in [5.74, 6) is 0.108. The van der Waals surface area contributed by atoms with Gasteiger partial charge >= 0.3 is 0 Å². The first-order chi connectivity index (χ1) is 9.47. The number of nitrogens with zero attached hydrogens (tertiary/aromatic N) is 1. The molecule has 0 aromatic heterocycles. The molecule has 0 spiro atoms. The van der Waals surface area contributed by atoms with Gasteiger partial charge in [0.1, 0.15) is 5.75 Å². The number of non-ortho nitro benzene ring substituents is 1. The van der Waals surface area contributed by atoms with Crippen molar-refractivity contribution >= 4 is 17.3 Å². The number of amides is 1. The Morgan fingerprint density at radius 1 is 1.50 bits per heavy atom. The number of carbonyl (C=O) groups excluding carboxylic acids is 1. The number of nitrogens with one attached hydrogen (secondary N) is 2. The van der Waals surface area contributed by atoms with Gasteiger partial charge in [0.2, 0.25) is 5.91 Å². The van der Waals surface area contributed by atoms with Gasteiger partial charge in [-0.3, -0.25) is 14.9 Å². The molecule has 0 radical (unpaired) electrons. The minimum atomic E-state index is -0.521. The SMILES string of the molecule is CCC(C)NCC(=O)Nc1cc([N+](=O)[O-])ccc1OC. The molecule has 0 aliphatic rings. The van der Waals surface area contributed by atoms with Gasteiger partial charge in [0.15, 0.2) is 0 Å². The molecular formula is C13H19N3O4. The molecule has 1 aromatic carbocycles. The molecule has 0 aliphatic heterocycles. The molecule has 0 saturated carbocycles. The fourth-order valence-electron chi connectivity index (χ4n) is 1.51. The number of nitro benzene ring substituents is 1. The minimum Gasteiger partial charge on any atom is -0.495 e. The standard InChI is InChI=1S/C13H19N3O4/c1-4-9(2)14-8-13(17)15-11-7-10(16(18)19)5-6-12(11)20-3/h5-7,9,14H,4,8H2,1-3H3,(H,15,17). The zero-order valence-electron chi connectivity index (χ0n) is 11.8. The molecule has 0 bridgehead atoms. The van der Waals surface area contributed by atoms with Crippen molar-refractivity contribution in [3.05, 3.63) is 28.3 Å². The van der Waals surface area contributed by atoms with Gasteiger partial charge in [0.05, 0.1) is 24.3 Å². The first-order valence-corrected chi connectivity index (χ1v) is 6.33. The summed E-state index contributed by atoms with van der Waals surface area (Å²) in [7, 11) is 1.44. The maximum absolute atomic E-state index is 11.8. The topological polar surface area (TPSA) is 93.5 Å². The van der Waals surface area contributed by atoms with Crippen molar-refractivity contribution in [2.45, 2.75) is 26.3 Å². The smallest absolute Gasteiger partial charge is 0.271 e. The molecule has 7 heteroatoms. The van der Waals surface area contributed by atoms with E-state index < -0.39 is 4.92 Å². The second-order valence-electron chi connectivity index (χ2n) is 4.38. The fourth-order valence-corrected chi connectivity index (χ4v) is 1.51. The number of hydrogen-bond acceptors (Lipinski definition) is 5. The Kier molecular flexibility index (Phi) is 5.92. The quantitative estimate of drug-likeness (QED) is 0.588. The average Bonchev–Trinajstić information content (AvgIpc) is 2.44. The largest absolute Gasteiger partial charge is 0.495 e. The number of rotatable bonds is 7. The van der Waals surface area contributed by atoms with Crippen LogP contribution in [0.1, 0.15) is 20.3 Å². The van der Waals surface area contributed by atoms with E-state index in [1.807, 2.05) is 13.8 Å². The predicted octanol–water partition coefficient (Wildman–Crippen LogP) is 1.93. The third kappa shape index (κ3) is 4.51. The third-order valence-electron chi connectivity index (χ3n) is 2.89. The van der Waals surface area contributed by atoms with Crippen LogP contribution in [0.4, 0.5) is 11.4 Å². The Morgan fingerprint density at radius 2 is 2.20 bits per heavy atom. The zero-order valence-corrected chi connectivity index (χ0v) is 11.8. The van der Waals surface area contributed by atoms with Gasteiger partial charge in [-0.15, -0.1) is 0 Å². The second kappa shape index (κ2) is 7.44. The fraction of sp³-hybridized carbons (Fsp3) is 0.462. The van der Waals surface area contributed by atoms with E-state index in [1.165, 1.54) is 25.3 Å². The van der Waals surface area contributed by atoms with Crippen LogP contribution in [-0.4, -0.2) is 30.5 Å². The van der Waals surface area contributed by atoms with Gasteiger partial charge < -0.3 is 15.4 Å². The van der Waals surface area contributed by atoms with Crippen LogP contribution in [-0.2, 0) is 4.79 Å². The van der Waals surface area contributed by atoms with Crippen molar-refractivity contribution in [2.24, 2.45) is 0 Å². The number of hydrogen-bond donors (Lipinski definition) is 2. The van der Waals surface area contributed by atoms with Gasteiger partial charge in [-0.2, -0.15) is 0 Å². The molecule has 0 fully saturated rings. The monoisotopic (exact) mass is 281 g/mol. The normalized spacial score (nSPS) is 11.8. The zero-order chi connectivity index (χ0) is 15.1. The van der Waals surface area contributed by atoms with Gasteiger partial charge in [-0.1, -0.05) is 6.92 Å². The molecule has 20 heavy (non-hydrogen) atoms. The maximum atomic E-state index is 11.8. The summed E-state index contributed by atoms with van der Waals surface area (Å²) in [6.45, 7) is 4.13. The van der Waals surface area contributed by atoms with Crippen LogP contribution in [0, 0.1) is 10.1 Å². The third-order valence-corrected chi connectivity index (χ3v) is 2.89. The first-order valence-electron chi connectivity index (χ1n) is 6.33. The Labute approximate surface area is 117 Å². The molecule has 1 atom stereocenters. The Morgan fingerprint density at radius 3 is 2.75 bits per heavy atom. The molecule has 1 rings (SSSR count). The van der Waals surface area contributed by atoms with Gasteiger partial charge in [0.25, 0.3) is 5.69 Å². The van der Waals surface area contributed by atoms with E-state index in [0.29, 0.717) is 5.75 Å². The summed E-state index contributed by atoms with van der Waals surface area (Å²) >= 11 is 0. The van der Waals surface area contributed by atoms with Crippen molar-refractivity contribution < 1.29 is 14.5 Å². The predicted molar refractivity (Wildman–Crippen MR) is 76.0 cm³/mol. The van der Waals surface area contributed by atoms with Crippen LogP contribution in [0.3, 0.4) is 0 Å². The number of benzene rings is 1. The lowest BCUT2D eigenvalue weighted by Gasteiger charge is -2.13. The minimum absolute atomic E-state index is 0.101. The van der Waals surface area contributed by atoms with E-state index >= 15 is 0 Å². The number of ether oxygens (including phenoxy) is 1. The average molecular weight is 281 g/mol. The Hall–Kier alpha value is -2.15. The molecule has 1 unspecified atom stereocenters. The van der Waals surface area contributed by atoms with Crippen LogP contribution in [0.25, 0.3) is 0 Å². The van der Waals surface area contributed by atoms with Crippen LogP contribution >= 0.6 is 0 Å². The first kappa shape index (κ1) is 15.9. The lowest BCUT2D eigenvalue weighted by Crippen LogP contribution is -2.34. The van der Waals surface area contributed by atoms with Crippen molar-refractivity contribution in [3.63, 3.8) is 0 Å². The van der Waals surface area contributed by atoms with Crippen molar-refractivity contribution in [1.82, 2.24) is 5.32 Å². The second-order valence-corrected chi connectivity index (χ2v) is 4.38. The molecule has 1 amide bonds. The van der Waals surface area contributed by atoms with Crippen LogP contribution in [0.5, 0.6) is 5.75 Å². The number of carbonyl (C=O) groups is 1. The van der Waals surface area contributed by atoms with Crippen LogP contribution in [0.15, 0.2) is 18.2 Å². The van der Waals surface area contributed by atoms with Gasteiger partial charge in [-0.25, -0.2) is 0 Å². The lowest BCUT2D eigenvalue weighted by molar-refractivity contribution is -0.384. The summed E-state index contributed by atoms with van der Waals surface area (Å²) in [5.41, 5.74) is 0.189. The molecule has 110 valence electrons. The summed E-state index contributed by atoms with van der Waals surface area (Å²) in [6, 6.07) is 4.29. The molecule has 2 N–H and O–H groups in total. The number of nitro groups is 1. The number of methoxy groups -OCH3 is 1. The summed E-state index contributed by atoms with van der Waals surface area (Å²) in [5, 5.41) is 16.4. The highest BCUT2D eigenvalue weighted by atomic mass is 16.6. The molecule has 7 nitrogen and oxygen atoms in total. The van der Waals surface area contributed by atoms with E-state index in [9.17, 15) is 14.9 Å². The van der Waals surface area contributed by atoms with E-state index in [4.69, 9.17) is 4.74 Å². The van der Waals surface area contributed by atoms with Crippen LogP contribution in [0.2, 0.25) is 0 Å². The summed E-state index contributed by atoms with van der Waals surface area (Å²) in [6.07, 6.45) is 0.910. The highest BCUT2D eigenvalue weighted by Crippen LogP contribution is 2.28. The van der Waals surface area contributed by atoms with E-state index in [0.717, 1.165) is 6.42 Å². The van der Waals surface area contributed by atoms with E-state index in [-0.39, 0.29) is 29.9 Å². The van der Waals surface area contributed by atoms with E-state index in [2.05, 4.69) is 10.6 Å². The maximum Gasteiger partial charge on any atom is 0.271 e. The van der Waals surface area contributed by atoms with Gasteiger partial charge in [-0.05, 0) is 19.4 Å². The lowest BCUT2D eigenvalue weighted by atomic mass is 10.2. The van der Waals surface area contributed by atoms with Crippen molar-refractivity contribution in [1.29, 1.82) is 0 Å². The highest BCUT2D eigenvalue weighted by Gasteiger charge is 2.13. The van der Waals surface area contributed by atoms with Crippen molar-refractivity contribution in [3.8, 4) is 5.75 Å². The summed E-state index contributed by atoms with van der Waals surface area (Å²) < 4.78 is 5.07. The highest BCUT2D eigenvalue weighted by molar-refractivity contribution is 5.94. The molecule has 1 aromatic rings. The van der Waals surface area contributed by atoms with Crippen molar-refractivity contribution in [2.75, 3.05) is 19.0 Å². The Bertz CT molecular complexity index is 491. The molecule has 0 aliphatic carbocycles. The molecular weight excluding hydrogens is 262 g/mol. The Balaban J connectivity index is 2.76. The van der Waals surface area contributed by atoms with Crippen LogP contribution < -0.4 is 15.4 Å². The number of anilines is 1. The molecule has 0 saturated heterocycles. The van der Waals surface area contributed by atoms with Gasteiger partial charge in [0, 0.05) is 18.2 Å². The summed E-state index contributed by atoms with van der Waals surface area (Å²) in [4.78, 5) is 22.0. The van der Waals surface area contributed by atoms with E-state index in [1.54, 1.807) is 0 Å².